The van der Waals surface area contributed by atoms with Crippen LogP contribution in [-0.2, 0) is 0 Å². The van der Waals surface area contributed by atoms with Crippen molar-refractivity contribution in [1.29, 1.82) is 0 Å². The predicted octanol–water partition coefficient (Wildman–Crippen LogP) is -1.54. The maximum absolute atomic E-state index is 12.2. The third kappa shape index (κ3) is 5.15. The van der Waals surface area contributed by atoms with Gasteiger partial charge in [-0.2, -0.15) is 0 Å². The van der Waals surface area contributed by atoms with E-state index < -0.39 is 5.92 Å². The minimum atomic E-state index is -2.38. The zero-order chi connectivity index (χ0) is 6.04. The van der Waals surface area contributed by atoms with Gasteiger partial charge in [0.1, 0.15) is 0 Å². The first kappa shape index (κ1) is 14.0. The molecule has 0 aliphatic carbocycles. The van der Waals surface area contributed by atoms with E-state index >= 15 is 0 Å². The molecule has 1 aliphatic rings. The van der Waals surface area contributed by atoms with E-state index in [-0.39, 0.29) is 71.7 Å². The van der Waals surface area contributed by atoms with Crippen molar-refractivity contribution < 1.29 is 60.2 Å². The van der Waals surface area contributed by atoms with E-state index in [0.717, 1.165) is 0 Å². The van der Waals surface area contributed by atoms with E-state index in [9.17, 15) is 8.78 Å². The maximum Gasteiger partial charge on any atom is 1.00 e. The van der Waals surface area contributed by atoms with Crippen LogP contribution in [-0.4, -0.2) is 19.0 Å². The molecule has 1 rings (SSSR count). The van der Waals surface area contributed by atoms with Gasteiger partial charge in [-0.15, -0.1) is 0 Å². The minimum absolute atomic E-state index is 0. The van der Waals surface area contributed by atoms with Crippen molar-refractivity contribution in [2.45, 2.75) is 18.8 Å². The Morgan fingerprint density at radius 2 is 1.50 bits per heavy atom. The normalized spacial score (nSPS) is 22.2. The Balaban J connectivity index is 0. The molecule has 0 atom stereocenters. The first-order valence-corrected chi connectivity index (χ1v) is 2.79. The molecule has 1 saturated heterocycles. The van der Waals surface area contributed by atoms with Gasteiger partial charge in [0, 0.05) is 25.9 Å². The Morgan fingerprint density at radius 1 is 1.10 bits per heavy atom. The summed E-state index contributed by atoms with van der Waals surface area (Å²) >= 11 is 0. The monoisotopic (exact) mass is 175 g/mol. The number of rotatable bonds is 0. The van der Waals surface area contributed by atoms with Crippen LogP contribution in [0.2, 0.25) is 0 Å². The van der Waals surface area contributed by atoms with Crippen LogP contribution in [0.15, 0.2) is 0 Å². The van der Waals surface area contributed by atoms with Crippen LogP contribution < -0.4 is 56.7 Å². The molecule has 56 valence electrons. The first-order valence-electron chi connectivity index (χ1n) is 2.79. The van der Waals surface area contributed by atoms with Crippen LogP contribution >= 0.6 is 0 Å². The van der Waals surface area contributed by atoms with Gasteiger partial charge >= 0.3 is 51.4 Å². The largest absolute Gasteiger partial charge is 1.00 e. The maximum atomic E-state index is 12.2. The second-order valence-electron chi connectivity index (χ2n) is 2.11. The molecular formula is C6H12F2KN. The molecule has 1 aliphatic heterocycles. The van der Waals surface area contributed by atoms with Crippen LogP contribution in [0.25, 0.3) is 0 Å². The fourth-order valence-electron chi connectivity index (χ4n) is 0.793. The van der Waals surface area contributed by atoms with Crippen molar-refractivity contribution in [3.05, 3.63) is 7.43 Å². The van der Waals surface area contributed by atoms with Crippen LogP contribution in [0, 0.1) is 7.43 Å². The average molecular weight is 175 g/mol. The fraction of sp³-hybridized carbons (Fsp3) is 0.833. The summed E-state index contributed by atoms with van der Waals surface area (Å²) < 4.78 is 24.3. The molecule has 0 radical (unpaired) electrons. The van der Waals surface area contributed by atoms with Gasteiger partial charge in [0.05, 0.1) is 0 Å². The predicted molar refractivity (Wildman–Crippen MR) is 33.5 cm³/mol. The van der Waals surface area contributed by atoms with Gasteiger partial charge in [-0.05, 0) is 0 Å². The molecule has 1 nitrogen and oxygen atoms in total. The van der Waals surface area contributed by atoms with E-state index in [4.69, 9.17) is 0 Å². The Kier molecular flexibility index (Phi) is 8.44. The van der Waals surface area contributed by atoms with Crippen molar-refractivity contribution in [1.82, 2.24) is 5.32 Å². The number of nitrogens with one attached hydrogen (secondary N) is 1. The van der Waals surface area contributed by atoms with Gasteiger partial charge in [0.25, 0.3) is 5.92 Å². The van der Waals surface area contributed by atoms with Gasteiger partial charge in [-0.1, -0.05) is 0 Å². The zero-order valence-electron chi connectivity index (χ0n) is 6.58. The molecule has 0 saturated carbocycles. The Labute approximate surface area is 103 Å². The molecule has 0 bridgehead atoms. The summed E-state index contributed by atoms with van der Waals surface area (Å²) in [6.45, 7) is 0.931. The smallest absolute Gasteiger partial charge is 0.358 e. The molecule has 0 unspecified atom stereocenters. The average Bonchev–Trinajstić information content (AvgIpc) is 1.65. The van der Waals surface area contributed by atoms with E-state index in [1.807, 2.05) is 0 Å². The molecule has 4 heteroatoms. The number of halogens is 2. The number of hydrogen-bond acceptors (Lipinski definition) is 1. The Morgan fingerprint density at radius 3 is 1.70 bits per heavy atom. The molecule has 10 heavy (non-hydrogen) atoms. The number of alkyl halides is 2. The van der Waals surface area contributed by atoms with Crippen LogP contribution in [0.5, 0.6) is 0 Å². The van der Waals surface area contributed by atoms with Crippen molar-refractivity contribution in [2.75, 3.05) is 13.1 Å². The molecular weight excluding hydrogens is 163 g/mol. The van der Waals surface area contributed by atoms with E-state index in [2.05, 4.69) is 5.32 Å². The molecule has 0 spiro atoms. The van der Waals surface area contributed by atoms with Crippen molar-refractivity contribution in [3.63, 3.8) is 0 Å². The molecule has 0 amide bonds. The van der Waals surface area contributed by atoms with E-state index in [1.165, 1.54) is 0 Å². The second-order valence-corrected chi connectivity index (χ2v) is 2.11. The summed E-state index contributed by atoms with van der Waals surface area (Å²) in [7, 11) is 0. The minimum Gasteiger partial charge on any atom is -0.358 e. The van der Waals surface area contributed by atoms with Gasteiger partial charge in [0.2, 0.25) is 0 Å². The number of piperidine rings is 1. The molecule has 1 heterocycles. The van der Waals surface area contributed by atoms with Gasteiger partial charge in [-0.25, -0.2) is 8.78 Å². The summed E-state index contributed by atoms with van der Waals surface area (Å²) in [4.78, 5) is 0. The van der Waals surface area contributed by atoms with Gasteiger partial charge in [-0.3, -0.25) is 0 Å². The number of hydrogen-bond donors (Lipinski definition) is 1. The zero-order valence-corrected chi connectivity index (χ0v) is 9.71. The van der Waals surface area contributed by atoms with E-state index in [1.54, 1.807) is 0 Å². The second kappa shape index (κ2) is 6.03. The molecule has 1 N–H and O–H groups in total. The molecule has 0 aromatic carbocycles. The van der Waals surface area contributed by atoms with Crippen molar-refractivity contribution in [2.24, 2.45) is 0 Å². The Bertz CT molecular complexity index is 79.8. The summed E-state index contributed by atoms with van der Waals surface area (Å²) in [6.07, 6.45) is 0.0139. The van der Waals surface area contributed by atoms with Crippen molar-refractivity contribution in [3.8, 4) is 0 Å². The van der Waals surface area contributed by atoms with Crippen molar-refractivity contribution >= 4 is 0 Å². The third-order valence-electron chi connectivity index (χ3n) is 1.34. The summed E-state index contributed by atoms with van der Waals surface area (Å²) in [6, 6.07) is 0. The molecule has 0 aromatic rings. The van der Waals surface area contributed by atoms with Gasteiger partial charge < -0.3 is 12.7 Å². The summed E-state index contributed by atoms with van der Waals surface area (Å²) in [5, 5.41) is 2.86. The topological polar surface area (TPSA) is 12.0 Å². The van der Waals surface area contributed by atoms with Crippen LogP contribution in [0.1, 0.15) is 12.8 Å². The first-order chi connectivity index (χ1) is 3.71. The summed E-state index contributed by atoms with van der Waals surface area (Å²) in [5.41, 5.74) is 0. The fourth-order valence-corrected chi connectivity index (χ4v) is 0.793. The van der Waals surface area contributed by atoms with Crippen LogP contribution in [0.3, 0.4) is 0 Å². The van der Waals surface area contributed by atoms with E-state index in [0.29, 0.717) is 13.1 Å². The quantitative estimate of drug-likeness (QED) is 0.347. The Hall–Kier alpha value is 1.46. The SMILES string of the molecule is FC1(F)CCNCC1.[CH3-].[K+]. The summed E-state index contributed by atoms with van der Waals surface area (Å²) in [5.74, 6) is -2.38. The molecule has 1 fully saturated rings. The third-order valence-corrected chi connectivity index (χ3v) is 1.34. The van der Waals surface area contributed by atoms with Gasteiger partial charge in [0.15, 0.2) is 0 Å². The molecule has 0 aromatic heterocycles. The van der Waals surface area contributed by atoms with Crippen LogP contribution in [0.4, 0.5) is 8.78 Å². The standard InChI is InChI=1S/C5H9F2N.CH3.K/c6-5(7)1-3-8-4-2-5;;/h8H,1-4H2;1H3;/q;-1;+1.